The third-order valence-electron chi connectivity index (χ3n) is 4.05. The summed E-state index contributed by atoms with van der Waals surface area (Å²) in [6, 6.07) is 10.0. The molecule has 2 rings (SSSR count). The van der Waals surface area contributed by atoms with E-state index in [0.29, 0.717) is 12.3 Å². The number of rotatable bonds is 9. The first-order chi connectivity index (χ1) is 13.0. The molecule has 1 amide bonds. The highest BCUT2D eigenvalue weighted by molar-refractivity contribution is 6.07. The largest absolute Gasteiger partial charge is 0.493 e. The van der Waals surface area contributed by atoms with Gasteiger partial charge in [-0.3, -0.25) is 14.9 Å². The molecule has 0 unspecified atom stereocenters. The second kappa shape index (κ2) is 9.56. The zero-order valence-corrected chi connectivity index (χ0v) is 15.8. The zero-order valence-electron chi connectivity index (χ0n) is 15.8. The number of benzene rings is 2. The minimum Gasteiger partial charge on any atom is -0.493 e. The first-order valence-corrected chi connectivity index (χ1v) is 8.89. The van der Waals surface area contributed by atoms with Gasteiger partial charge in [-0.15, -0.1) is 0 Å². The number of carbonyl (C=O) groups is 1. The lowest BCUT2D eigenvalue weighted by atomic mass is 10.1. The van der Waals surface area contributed by atoms with Gasteiger partial charge in [-0.2, -0.15) is 0 Å². The second-order valence-corrected chi connectivity index (χ2v) is 5.96. The summed E-state index contributed by atoms with van der Waals surface area (Å²) < 4.78 is 10.6. The molecule has 0 aliphatic rings. The molecule has 27 heavy (non-hydrogen) atoms. The fourth-order valence-electron chi connectivity index (χ4n) is 2.64. The maximum atomic E-state index is 12.6. The van der Waals surface area contributed by atoms with Crippen LogP contribution in [0.5, 0.6) is 11.5 Å². The van der Waals surface area contributed by atoms with Gasteiger partial charge in [0.2, 0.25) is 0 Å². The molecule has 2 aromatic rings. The Labute approximate surface area is 158 Å². The minimum absolute atomic E-state index is 0.0876. The molecule has 144 valence electrons. The van der Waals surface area contributed by atoms with Crippen molar-refractivity contribution in [2.24, 2.45) is 0 Å². The van der Waals surface area contributed by atoms with Crippen LogP contribution in [0.15, 0.2) is 36.4 Å². The van der Waals surface area contributed by atoms with Crippen LogP contribution < -0.4 is 14.8 Å². The average molecular weight is 372 g/mol. The molecule has 0 bridgehead atoms. The van der Waals surface area contributed by atoms with Crippen LogP contribution in [-0.4, -0.2) is 24.5 Å². The molecule has 0 aliphatic heterocycles. The van der Waals surface area contributed by atoms with E-state index in [4.69, 9.17) is 9.47 Å². The lowest BCUT2D eigenvalue weighted by Gasteiger charge is -2.12. The summed E-state index contributed by atoms with van der Waals surface area (Å²) in [5.74, 6) is -0.0876. The third kappa shape index (κ3) is 5.20. The van der Waals surface area contributed by atoms with Gasteiger partial charge in [0.25, 0.3) is 11.6 Å². The number of nitro groups is 1. The fourth-order valence-corrected chi connectivity index (χ4v) is 2.64. The molecule has 2 aromatic carbocycles. The Hall–Kier alpha value is -3.09. The van der Waals surface area contributed by atoms with Gasteiger partial charge in [0, 0.05) is 11.8 Å². The number of aryl methyl sites for hydroxylation is 1. The first-order valence-electron chi connectivity index (χ1n) is 8.89. The van der Waals surface area contributed by atoms with Gasteiger partial charge in [-0.1, -0.05) is 25.5 Å². The molecule has 0 aliphatic carbocycles. The van der Waals surface area contributed by atoms with Crippen LogP contribution >= 0.6 is 0 Å². The number of anilines is 1. The van der Waals surface area contributed by atoms with Crippen molar-refractivity contribution in [2.75, 3.05) is 19.0 Å². The van der Waals surface area contributed by atoms with Crippen molar-refractivity contribution in [1.29, 1.82) is 0 Å². The van der Waals surface area contributed by atoms with Crippen molar-refractivity contribution < 1.29 is 19.2 Å². The van der Waals surface area contributed by atoms with E-state index in [1.54, 1.807) is 19.1 Å². The number of ether oxygens (including phenoxy) is 2. The van der Waals surface area contributed by atoms with Crippen LogP contribution in [0.3, 0.4) is 0 Å². The normalized spacial score (nSPS) is 10.3. The van der Waals surface area contributed by atoms with Gasteiger partial charge >= 0.3 is 0 Å². The van der Waals surface area contributed by atoms with Crippen LogP contribution in [0.25, 0.3) is 0 Å². The number of hydrogen-bond acceptors (Lipinski definition) is 5. The molecule has 0 heterocycles. The number of unbranched alkanes of at least 4 members (excludes halogenated alkanes) is 1. The summed E-state index contributed by atoms with van der Waals surface area (Å²) >= 11 is 0. The van der Waals surface area contributed by atoms with E-state index in [0.717, 1.165) is 19.3 Å². The molecule has 7 nitrogen and oxygen atoms in total. The molecule has 7 heteroatoms. The van der Waals surface area contributed by atoms with Gasteiger partial charge in [-0.05, 0) is 37.5 Å². The van der Waals surface area contributed by atoms with Gasteiger partial charge in [0.1, 0.15) is 5.56 Å². The highest BCUT2D eigenvalue weighted by Crippen LogP contribution is 2.35. The Bertz CT molecular complexity index is 803. The average Bonchev–Trinajstić information content (AvgIpc) is 2.67. The Morgan fingerprint density at radius 2 is 1.85 bits per heavy atom. The summed E-state index contributed by atoms with van der Waals surface area (Å²) in [5, 5.41) is 14.1. The first kappa shape index (κ1) is 20.2. The molecule has 0 radical (unpaired) electrons. The molecule has 0 saturated carbocycles. The lowest BCUT2D eigenvalue weighted by molar-refractivity contribution is -0.385. The van der Waals surface area contributed by atoms with Crippen molar-refractivity contribution in [3.8, 4) is 11.5 Å². The summed E-state index contributed by atoms with van der Waals surface area (Å²) in [7, 11) is 1.42. The van der Waals surface area contributed by atoms with E-state index >= 15 is 0 Å². The SMILES string of the molecule is CCCCc1ccc(NC(=O)c2cc(OC)c(OCC)cc2[N+](=O)[O-])cc1. The molecule has 0 saturated heterocycles. The zero-order chi connectivity index (χ0) is 19.8. The standard InChI is InChI=1S/C20H24N2O5/c1-4-6-7-14-8-10-15(11-9-14)21-20(23)16-12-18(26-3)19(27-5-2)13-17(16)22(24)25/h8-13H,4-7H2,1-3H3,(H,21,23). The second-order valence-electron chi connectivity index (χ2n) is 5.96. The molecule has 0 atom stereocenters. The van der Waals surface area contributed by atoms with E-state index in [-0.39, 0.29) is 22.7 Å². The molecule has 0 fully saturated rings. The number of nitro benzene ring substituents is 1. The highest BCUT2D eigenvalue weighted by atomic mass is 16.6. The van der Waals surface area contributed by atoms with Crippen molar-refractivity contribution in [3.63, 3.8) is 0 Å². The van der Waals surface area contributed by atoms with Gasteiger partial charge in [0.05, 0.1) is 24.7 Å². The van der Waals surface area contributed by atoms with Gasteiger partial charge in [-0.25, -0.2) is 0 Å². The van der Waals surface area contributed by atoms with E-state index in [9.17, 15) is 14.9 Å². The predicted molar refractivity (Wildman–Crippen MR) is 104 cm³/mol. The lowest BCUT2D eigenvalue weighted by Crippen LogP contribution is -2.14. The summed E-state index contributed by atoms with van der Waals surface area (Å²) in [4.78, 5) is 23.4. The van der Waals surface area contributed by atoms with Crippen LogP contribution in [0.4, 0.5) is 11.4 Å². The molecule has 0 aromatic heterocycles. The smallest absolute Gasteiger partial charge is 0.286 e. The molecular weight excluding hydrogens is 348 g/mol. The fraction of sp³-hybridized carbons (Fsp3) is 0.350. The van der Waals surface area contributed by atoms with Crippen molar-refractivity contribution in [2.45, 2.75) is 33.1 Å². The van der Waals surface area contributed by atoms with Crippen LogP contribution in [0.1, 0.15) is 42.6 Å². The Morgan fingerprint density at radius 1 is 1.15 bits per heavy atom. The third-order valence-corrected chi connectivity index (χ3v) is 4.05. The number of carbonyl (C=O) groups excluding carboxylic acids is 1. The van der Waals surface area contributed by atoms with Crippen molar-refractivity contribution in [3.05, 3.63) is 57.6 Å². The summed E-state index contributed by atoms with van der Waals surface area (Å²) in [5.41, 5.74) is 1.33. The number of hydrogen-bond donors (Lipinski definition) is 1. The maximum absolute atomic E-state index is 12.6. The van der Waals surface area contributed by atoms with Crippen molar-refractivity contribution >= 4 is 17.3 Å². The van der Waals surface area contributed by atoms with E-state index < -0.39 is 10.8 Å². The van der Waals surface area contributed by atoms with Gasteiger partial charge in [0.15, 0.2) is 11.5 Å². The highest BCUT2D eigenvalue weighted by Gasteiger charge is 2.24. The van der Waals surface area contributed by atoms with Gasteiger partial charge < -0.3 is 14.8 Å². The van der Waals surface area contributed by atoms with E-state index in [1.165, 1.54) is 24.8 Å². The quantitative estimate of drug-likeness (QED) is 0.513. The molecule has 1 N–H and O–H groups in total. The summed E-state index contributed by atoms with van der Waals surface area (Å²) in [6.07, 6.45) is 3.19. The summed E-state index contributed by atoms with van der Waals surface area (Å²) in [6.45, 7) is 4.21. The minimum atomic E-state index is -0.606. The number of nitrogens with zero attached hydrogens (tertiary/aromatic N) is 1. The van der Waals surface area contributed by atoms with Crippen molar-refractivity contribution in [1.82, 2.24) is 0 Å². The van der Waals surface area contributed by atoms with E-state index in [1.807, 2.05) is 12.1 Å². The molecular formula is C20H24N2O5. The van der Waals surface area contributed by atoms with Crippen LogP contribution in [0, 0.1) is 10.1 Å². The Balaban J connectivity index is 2.27. The monoisotopic (exact) mass is 372 g/mol. The predicted octanol–water partition coefficient (Wildman–Crippen LogP) is 4.60. The topological polar surface area (TPSA) is 90.7 Å². The van der Waals surface area contributed by atoms with Crippen LogP contribution in [-0.2, 0) is 6.42 Å². The van der Waals surface area contributed by atoms with Crippen LogP contribution in [0.2, 0.25) is 0 Å². The molecule has 0 spiro atoms. The Kier molecular flexibility index (Phi) is 7.16. The van der Waals surface area contributed by atoms with E-state index in [2.05, 4.69) is 12.2 Å². The number of amides is 1. The number of methoxy groups -OCH3 is 1. The maximum Gasteiger partial charge on any atom is 0.286 e. The number of nitrogens with one attached hydrogen (secondary N) is 1. The Morgan fingerprint density at radius 3 is 2.41 bits per heavy atom.